The first-order valence-corrected chi connectivity index (χ1v) is 6.72. The van der Waals surface area contributed by atoms with Crippen molar-refractivity contribution in [2.75, 3.05) is 0 Å². The quantitative estimate of drug-likeness (QED) is 0.869. The summed E-state index contributed by atoms with van der Waals surface area (Å²) in [5, 5.41) is 0.565. The van der Waals surface area contributed by atoms with E-state index in [9.17, 15) is 0 Å². The van der Waals surface area contributed by atoms with Crippen molar-refractivity contribution < 1.29 is 4.74 Å². The molecule has 1 unspecified atom stereocenters. The smallest absolute Gasteiger partial charge is 0.146 e. The molecule has 1 atom stereocenters. The van der Waals surface area contributed by atoms with Crippen LogP contribution in [0.25, 0.3) is 0 Å². The second-order valence-corrected chi connectivity index (χ2v) is 5.36. The first-order chi connectivity index (χ1) is 8.56. The molecular formula is C14H13BrClNO. The summed E-state index contributed by atoms with van der Waals surface area (Å²) in [4.78, 5) is 0. The molecule has 0 spiro atoms. The normalized spacial score (nSPS) is 12.2. The van der Waals surface area contributed by atoms with Crippen LogP contribution in [0.4, 0.5) is 0 Å². The van der Waals surface area contributed by atoms with Crippen molar-refractivity contribution in [2.45, 2.75) is 13.0 Å². The summed E-state index contributed by atoms with van der Waals surface area (Å²) < 4.78 is 6.67. The van der Waals surface area contributed by atoms with Gasteiger partial charge in [-0.25, -0.2) is 0 Å². The summed E-state index contributed by atoms with van der Waals surface area (Å²) in [6, 6.07) is 13.2. The molecule has 0 aliphatic rings. The van der Waals surface area contributed by atoms with Crippen molar-refractivity contribution in [3.05, 3.63) is 57.5 Å². The van der Waals surface area contributed by atoms with E-state index in [0.29, 0.717) is 10.8 Å². The fraction of sp³-hybridized carbons (Fsp3) is 0.143. The lowest BCUT2D eigenvalue weighted by atomic mass is 10.1. The van der Waals surface area contributed by atoms with Crippen molar-refractivity contribution >= 4 is 27.5 Å². The van der Waals surface area contributed by atoms with Crippen LogP contribution in [0.5, 0.6) is 11.5 Å². The monoisotopic (exact) mass is 325 g/mol. The van der Waals surface area contributed by atoms with Crippen LogP contribution in [0.2, 0.25) is 5.02 Å². The number of nitrogens with two attached hydrogens (primary N) is 1. The van der Waals surface area contributed by atoms with Gasteiger partial charge < -0.3 is 10.5 Å². The number of benzene rings is 2. The van der Waals surface area contributed by atoms with Gasteiger partial charge in [0.05, 0.1) is 5.02 Å². The number of halogens is 2. The van der Waals surface area contributed by atoms with E-state index < -0.39 is 0 Å². The maximum atomic E-state index is 6.10. The number of hydrogen-bond acceptors (Lipinski definition) is 2. The largest absolute Gasteiger partial charge is 0.456 e. The summed E-state index contributed by atoms with van der Waals surface area (Å²) in [6.45, 7) is 1.94. The highest BCUT2D eigenvalue weighted by Gasteiger charge is 2.05. The molecule has 0 fully saturated rings. The van der Waals surface area contributed by atoms with Crippen LogP contribution in [0.3, 0.4) is 0 Å². The van der Waals surface area contributed by atoms with Gasteiger partial charge in [-0.2, -0.15) is 0 Å². The van der Waals surface area contributed by atoms with Crippen LogP contribution in [-0.2, 0) is 0 Å². The summed E-state index contributed by atoms with van der Waals surface area (Å²) >= 11 is 9.46. The summed E-state index contributed by atoms with van der Waals surface area (Å²) in [5.41, 5.74) is 6.87. The maximum Gasteiger partial charge on any atom is 0.146 e. The van der Waals surface area contributed by atoms with E-state index in [-0.39, 0.29) is 6.04 Å². The van der Waals surface area contributed by atoms with Gasteiger partial charge in [0.1, 0.15) is 11.5 Å². The van der Waals surface area contributed by atoms with E-state index >= 15 is 0 Å². The molecule has 2 aromatic carbocycles. The molecule has 0 aliphatic heterocycles. The fourth-order valence-corrected chi connectivity index (χ4v) is 2.26. The highest BCUT2D eigenvalue weighted by Crippen LogP contribution is 2.32. The zero-order valence-corrected chi connectivity index (χ0v) is 12.2. The topological polar surface area (TPSA) is 35.2 Å². The molecule has 0 aromatic heterocycles. The molecule has 0 aliphatic carbocycles. The Hall–Kier alpha value is -1.03. The Kier molecular flexibility index (Phi) is 4.27. The SMILES string of the molecule is CC(N)c1cccc(Oc2ccc(Br)cc2Cl)c1. The Morgan fingerprint density at radius 2 is 2.00 bits per heavy atom. The van der Waals surface area contributed by atoms with E-state index in [1.165, 1.54) is 0 Å². The second-order valence-electron chi connectivity index (χ2n) is 4.04. The molecule has 0 radical (unpaired) electrons. The number of ether oxygens (including phenoxy) is 1. The van der Waals surface area contributed by atoms with Crippen LogP contribution >= 0.6 is 27.5 Å². The van der Waals surface area contributed by atoms with Gasteiger partial charge in [-0.1, -0.05) is 39.7 Å². The van der Waals surface area contributed by atoms with E-state index in [4.69, 9.17) is 22.1 Å². The lowest BCUT2D eigenvalue weighted by Gasteiger charge is -2.10. The molecule has 2 nitrogen and oxygen atoms in total. The van der Waals surface area contributed by atoms with Gasteiger partial charge in [0, 0.05) is 10.5 Å². The molecule has 2 aromatic rings. The summed E-state index contributed by atoms with van der Waals surface area (Å²) in [6.07, 6.45) is 0. The van der Waals surface area contributed by atoms with Crippen LogP contribution < -0.4 is 10.5 Å². The van der Waals surface area contributed by atoms with Gasteiger partial charge in [-0.05, 0) is 42.8 Å². The van der Waals surface area contributed by atoms with Gasteiger partial charge in [0.2, 0.25) is 0 Å². The maximum absolute atomic E-state index is 6.10. The van der Waals surface area contributed by atoms with Gasteiger partial charge in [-0.3, -0.25) is 0 Å². The molecule has 18 heavy (non-hydrogen) atoms. The Bertz CT molecular complexity index is 557. The minimum absolute atomic E-state index is 0.0195. The third-order valence-corrected chi connectivity index (χ3v) is 3.29. The van der Waals surface area contributed by atoms with Crippen molar-refractivity contribution in [1.29, 1.82) is 0 Å². The Morgan fingerprint density at radius 3 is 2.67 bits per heavy atom. The van der Waals surface area contributed by atoms with Crippen molar-refractivity contribution in [1.82, 2.24) is 0 Å². The molecular weight excluding hydrogens is 314 g/mol. The summed E-state index contributed by atoms with van der Waals surface area (Å²) in [7, 11) is 0. The average Bonchev–Trinajstić information content (AvgIpc) is 2.33. The third kappa shape index (κ3) is 3.25. The summed E-state index contributed by atoms with van der Waals surface area (Å²) in [5.74, 6) is 1.36. The highest BCUT2D eigenvalue weighted by atomic mass is 79.9. The number of hydrogen-bond donors (Lipinski definition) is 1. The van der Waals surface area contributed by atoms with E-state index in [1.807, 2.05) is 43.3 Å². The van der Waals surface area contributed by atoms with Crippen LogP contribution in [0, 0.1) is 0 Å². The molecule has 4 heteroatoms. The van der Waals surface area contributed by atoms with E-state index in [2.05, 4.69) is 15.9 Å². The van der Waals surface area contributed by atoms with Crippen LogP contribution in [0.1, 0.15) is 18.5 Å². The van der Waals surface area contributed by atoms with Crippen LogP contribution in [0.15, 0.2) is 46.9 Å². The molecule has 0 saturated heterocycles. The lowest BCUT2D eigenvalue weighted by Crippen LogP contribution is -2.04. The zero-order chi connectivity index (χ0) is 13.1. The number of rotatable bonds is 3. The van der Waals surface area contributed by atoms with Gasteiger partial charge in [-0.15, -0.1) is 0 Å². The molecule has 0 amide bonds. The Morgan fingerprint density at radius 1 is 1.22 bits per heavy atom. The standard InChI is InChI=1S/C14H13BrClNO/c1-9(17)10-3-2-4-12(7-10)18-14-6-5-11(15)8-13(14)16/h2-9H,17H2,1H3. The first-order valence-electron chi connectivity index (χ1n) is 5.54. The van der Waals surface area contributed by atoms with Crippen molar-refractivity contribution in [2.24, 2.45) is 5.73 Å². The average molecular weight is 327 g/mol. The first kappa shape index (κ1) is 13.4. The highest BCUT2D eigenvalue weighted by molar-refractivity contribution is 9.10. The predicted octanol–water partition coefficient (Wildman–Crippen LogP) is 4.91. The van der Waals surface area contributed by atoms with Crippen LogP contribution in [-0.4, -0.2) is 0 Å². The predicted molar refractivity (Wildman–Crippen MR) is 78.3 cm³/mol. The van der Waals surface area contributed by atoms with Crippen molar-refractivity contribution in [3.8, 4) is 11.5 Å². The lowest BCUT2D eigenvalue weighted by molar-refractivity contribution is 0.481. The van der Waals surface area contributed by atoms with Gasteiger partial charge >= 0.3 is 0 Å². The third-order valence-electron chi connectivity index (χ3n) is 2.51. The minimum atomic E-state index is -0.0195. The molecule has 0 bridgehead atoms. The van der Waals surface area contributed by atoms with E-state index in [0.717, 1.165) is 15.8 Å². The Balaban J connectivity index is 2.25. The fourth-order valence-electron chi connectivity index (χ4n) is 1.55. The Labute approximate surface area is 120 Å². The molecule has 2 N–H and O–H groups in total. The van der Waals surface area contributed by atoms with Gasteiger partial charge in [0.25, 0.3) is 0 Å². The molecule has 2 rings (SSSR count). The molecule has 0 heterocycles. The zero-order valence-electron chi connectivity index (χ0n) is 9.86. The minimum Gasteiger partial charge on any atom is -0.456 e. The molecule has 0 saturated carbocycles. The van der Waals surface area contributed by atoms with Gasteiger partial charge in [0.15, 0.2) is 0 Å². The molecule has 94 valence electrons. The second kappa shape index (κ2) is 5.74. The van der Waals surface area contributed by atoms with E-state index in [1.54, 1.807) is 6.07 Å². The van der Waals surface area contributed by atoms with Crippen molar-refractivity contribution in [3.63, 3.8) is 0 Å².